The van der Waals surface area contributed by atoms with E-state index in [-0.39, 0.29) is 11.7 Å². The molecule has 0 unspecified atom stereocenters. The van der Waals surface area contributed by atoms with E-state index in [0.29, 0.717) is 0 Å². The van der Waals surface area contributed by atoms with E-state index < -0.39 is 5.97 Å². The first kappa shape index (κ1) is 7.39. The molecule has 0 saturated carbocycles. The summed E-state index contributed by atoms with van der Waals surface area (Å²) in [7, 11) is 1.34. The van der Waals surface area contributed by atoms with Crippen molar-refractivity contribution in [3.8, 4) is 6.01 Å². The molecule has 0 aromatic carbocycles. The van der Waals surface area contributed by atoms with E-state index in [9.17, 15) is 4.79 Å². The van der Waals surface area contributed by atoms with Crippen LogP contribution in [0.5, 0.6) is 6.01 Å². The highest BCUT2D eigenvalue weighted by Gasteiger charge is 2.06. The van der Waals surface area contributed by atoms with E-state index in [1.54, 1.807) is 0 Å². The number of methoxy groups -OCH3 is 1. The van der Waals surface area contributed by atoms with Gasteiger partial charge in [0.2, 0.25) is 0 Å². The molecule has 1 rings (SSSR count). The number of hydrogen-bond donors (Lipinski definition) is 1. The summed E-state index contributed by atoms with van der Waals surface area (Å²) in [4.78, 5) is 13.8. The Bertz CT molecular complexity index is 275. The van der Waals surface area contributed by atoms with Gasteiger partial charge >= 0.3 is 12.0 Å². The molecule has 0 bridgehead atoms. The monoisotopic (exact) mass is 155 g/mol. The molecule has 0 aliphatic carbocycles. The maximum Gasteiger partial charge on any atom is 0.356 e. The van der Waals surface area contributed by atoms with Crippen molar-refractivity contribution in [2.45, 2.75) is 0 Å². The van der Waals surface area contributed by atoms with Gasteiger partial charge in [-0.1, -0.05) is 5.10 Å². The van der Waals surface area contributed by atoms with Crippen molar-refractivity contribution in [3.05, 3.63) is 11.9 Å². The Balaban J connectivity index is 3.01. The Kier molecular flexibility index (Phi) is 1.95. The predicted octanol–water partition coefficient (Wildman–Crippen LogP) is -0.422. The van der Waals surface area contributed by atoms with Crippen LogP contribution in [0.2, 0.25) is 0 Å². The summed E-state index contributed by atoms with van der Waals surface area (Å²) in [5, 5.41) is 15.2. The zero-order valence-electron chi connectivity index (χ0n) is 5.68. The van der Waals surface area contributed by atoms with E-state index in [0.717, 1.165) is 6.20 Å². The standard InChI is InChI=1S/C5H5N3O3/c1-11-5-7-3(4(9)10)2-6-8-5/h2H,1H3,(H,9,10). The van der Waals surface area contributed by atoms with Gasteiger partial charge in [-0.25, -0.2) is 4.79 Å². The number of carboxylic acids is 1. The van der Waals surface area contributed by atoms with Crippen LogP contribution in [0.3, 0.4) is 0 Å². The molecule has 0 amide bonds. The number of carboxylic acid groups (broad SMARTS) is 1. The molecule has 1 N–H and O–H groups in total. The second-order valence-corrected chi connectivity index (χ2v) is 1.63. The van der Waals surface area contributed by atoms with Crippen LogP contribution in [-0.4, -0.2) is 33.4 Å². The number of ether oxygens (including phenoxy) is 1. The first-order valence-corrected chi connectivity index (χ1v) is 2.71. The smallest absolute Gasteiger partial charge is 0.356 e. The first-order valence-electron chi connectivity index (χ1n) is 2.71. The molecular weight excluding hydrogens is 150 g/mol. The zero-order valence-corrected chi connectivity index (χ0v) is 5.68. The molecule has 0 saturated heterocycles. The lowest BCUT2D eigenvalue weighted by Gasteiger charge is -1.95. The maximum atomic E-state index is 10.3. The number of carbonyl (C=O) groups is 1. The average molecular weight is 155 g/mol. The summed E-state index contributed by atoms with van der Waals surface area (Å²) in [5.74, 6) is -1.15. The molecule has 0 fully saturated rings. The largest absolute Gasteiger partial charge is 0.476 e. The summed E-state index contributed by atoms with van der Waals surface area (Å²) < 4.78 is 4.56. The van der Waals surface area contributed by atoms with Gasteiger partial charge in [0.15, 0.2) is 5.69 Å². The fourth-order valence-corrected chi connectivity index (χ4v) is 0.477. The summed E-state index contributed by atoms with van der Waals surface area (Å²) >= 11 is 0. The molecule has 0 spiro atoms. The van der Waals surface area contributed by atoms with Gasteiger partial charge in [0, 0.05) is 0 Å². The van der Waals surface area contributed by atoms with Crippen LogP contribution in [0, 0.1) is 0 Å². The molecular formula is C5H5N3O3. The molecule has 11 heavy (non-hydrogen) atoms. The summed E-state index contributed by atoms with van der Waals surface area (Å²) in [5.41, 5.74) is -0.183. The van der Waals surface area contributed by atoms with Crippen LogP contribution >= 0.6 is 0 Å². The molecule has 0 aliphatic heterocycles. The van der Waals surface area contributed by atoms with Gasteiger partial charge in [0.1, 0.15) is 0 Å². The van der Waals surface area contributed by atoms with Gasteiger partial charge in [0.05, 0.1) is 13.3 Å². The van der Waals surface area contributed by atoms with Crippen molar-refractivity contribution >= 4 is 5.97 Å². The lowest BCUT2D eigenvalue weighted by molar-refractivity contribution is 0.0688. The van der Waals surface area contributed by atoms with E-state index in [1.165, 1.54) is 7.11 Å². The second-order valence-electron chi connectivity index (χ2n) is 1.63. The lowest BCUT2D eigenvalue weighted by Crippen LogP contribution is -2.04. The van der Waals surface area contributed by atoms with Crippen LogP contribution in [0.15, 0.2) is 6.20 Å². The Morgan fingerprint density at radius 3 is 3.00 bits per heavy atom. The Morgan fingerprint density at radius 1 is 1.73 bits per heavy atom. The molecule has 0 aliphatic rings. The van der Waals surface area contributed by atoms with Crippen molar-refractivity contribution in [2.75, 3.05) is 7.11 Å². The Hall–Kier alpha value is -1.72. The van der Waals surface area contributed by atoms with Crippen LogP contribution in [0.25, 0.3) is 0 Å². The minimum atomic E-state index is -1.15. The number of rotatable bonds is 2. The van der Waals surface area contributed by atoms with Crippen LogP contribution in [0.1, 0.15) is 10.5 Å². The van der Waals surface area contributed by atoms with Crippen molar-refractivity contribution < 1.29 is 14.6 Å². The minimum Gasteiger partial charge on any atom is -0.476 e. The highest BCUT2D eigenvalue weighted by atomic mass is 16.5. The van der Waals surface area contributed by atoms with E-state index in [2.05, 4.69) is 19.9 Å². The van der Waals surface area contributed by atoms with E-state index in [1.807, 2.05) is 0 Å². The van der Waals surface area contributed by atoms with Gasteiger partial charge in [-0.05, 0) is 0 Å². The fraction of sp³-hybridized carbons (Fsp3) is 0.200. The van der Waals surface area contributed by atoms with E-state index in [4.69, 9.17) is 5.11 Å². The van der Waals surface area contributed by atoms with Gasteiger partial charge in [-0.2, -0.15) is 10.1 Å². The van der Waals surface area contributed by atoms with Crippen molar-refractivity contribution in [1.82, 2.24) is 15.2 Å². The second kappa shape index (κ2) is 2.91. The molecule has 6 nitrogen and oxygen atoms in total. The Morgan fingerprint density at radius 2 is 2.45 bits per heavy atom. The molecule has 1 aromatic heterocycles. The fourth-order valence-electron chi connectivity index (χ4n) is 0.477. The van der Waals surface area contributed by atoms with Crippen LogP contribution in [-0.2, 0) is 0 Å². The molecule has 1 heterocycles. The van der Waals surface area contributed by atoms with Crippen molar-refractivity contribution in [2.24, 2.45) is 0 Å². The molecule has 0 radical (unpaired) electrons. The minimum absolute atomic E-state index is 0.0510. The topological polar surface area (TPSA) is 85.2 Å². The third-order valence-electron chi connectivity index (χ3n) is 0.941. The number of nitrogens with zero attached hydrogens (tertiary/aromatic N) is 3. The molecule has 58 valence electrons. The third-order valence-corrected chi connectivity index (χ3v) is 0.941. The summed E-state index contributed by atoms with van der Waals surface area (Å²) in [6.45, 7) is 0. The van der Waals surface area contributed by atoms with Crippen molar-refractivity contribution in [1.29, 1.82) is 0 Å². The number of aromatic carboxylic acids is 1. The SMILES string of the molecule is COc1nncc(C(=O)O)n1. The third kappa shape index (κ3) is 1.60. The van der Waals surface area contributed by atoms with Crippen molar-refractivity contribution in [3.63, 3.8) is 0 Å². The van der Waals surface area contributed by atoms with Gasteiger partial charge in [-0.3, -0.25) is 0 Å². The Labute approximate surface area is 61.9 Å². The van der Waals surface area contributed by atoms with Gasteiger partial charge < -0.3 is 9.84 Å². The predicted molar refractivity (Wildman–Crippen MR) is 33.3 cm³/mol. The van der Waals surface area contributed by atoms with Crippen LogP contribution < -0.4 is 4.74 Å². The van der Waals surface area contributed by atoms with Gasteiger partial charge in [0.25, 0.3) is 0 Å². The van der Waals surface area contributed by atoms with Gasteiger partial charge in [-0.15, -0.1) is 0 Å². The zero-order chi connectivity index (χ0) is 8.27. The normalized spacial score (nSPS) is 9.18. The highest BCUT2D eigenvalue weighted by molar-refractivity contribution is 5.84. The maximum absolute atomic E-state index is 10.3. The quantitative estimate of drug-likeness (QED) is 0.624. The molecule has 1 aromatic rings. The average Bonchev–Trinajstić information content (AvgIpc) is 2.05. The molecule has 0 atom stereocenters. The van der Waals surface area contributed by atoms with Crippen LogP contribution in [0.4, 0.5) is 0 Å². The summed E-state index contributed by atoms with van der Waals surface area (Å²) in [6.07, 6.45) is 1.05. The first-order chi connectivity index (χ1) is 5.24. The van der Waals surface area contributed by atoms with E-state index >= 15 is 0 Å². The molecule has 6 heteroatoms. The highest BCUT2D eigenvalue weighted by Crippen LogP contribution is 1.98. The number of hydrogen-bond acceptors (Lipinski definition) is 5. The summed E-state index contributed by atoms with van der Waals surface area (Å²) in [6, 6.07) is -0.0510. The lowest BCUT2D eigenvalue weighted by atomic mass is 10.5. The number of aromatic nitrogens is 3.